The summed E-state index contributed by atoms with van der Waals surface area (Å²) in [7, 11) is 0. The first-order valence-electron chi connectivity index (χ1n) is 11.4. The van der Waals surface area contributed by atoms with E-state index in [1.165, 1.54) is 5.56 Å². The molecule has 164 valence electrons. The lowest BCUT2D eigenvalue weighted by molar-refractivity contribution is -0.162. The Balaban J connectivity index is 1.57. The number of ketones is 2. The minimum atomic E-state index is -0.901. The normalized spacial score (nSPS) is 49.4. The molecule has 3 fully saturated rings. The van der Waals surface area contributed by atoms with E-state index in [0.717, 1.165) is 19.3 Å². The molecule has 1 aromatic heterocycles. The van der Waals surface area contributed by atoms with Crippen LogP contribution in [0, 0.1) is 27.6 Å². The Morgan fingerprint density at radius 3 is 2.55 bits per heavy atom. The highest BCUT2D eigenvalue weighted by molar-refractivity contribution is 6.06. The highest BCUT2D eigenvalue weighted by Crippen LogP contribution is 2.81. The number of Topliss-reactive ketones (excluding diaryl/α,β-unsaturated/α-hetero) is 1. The number of carbonyl (C=O) groups is 2. The molecule has 5 heteroatoms. The van der Waals surface area contributed by atoms with Crippen LogP contribution in [0.2, 0.25) is 0 Å². The summed E-state index contributed by atoms with van der Waals surface area (Å²) in [5.41, 5.74) is -1.40. The van der Waals surface area contributed by atoms with Crippen LogP contribution in [0.3, 0.4) is 0 Å². The Morgan fingerprint density at radius 2 is 1.87 bits per heavy atom. The smallest absolute Gasteiger partial charge is 0.206 e. The third kappa shape index (κ3) is 1.80. The van der Waals surface area contributed by atoms with Gasteiger partial charge in [-0.1, -0.05) is 19.9 Å². The van der Waals surface area contributed by atoms with Gasteiger partial charge < -0.3 is 14.3 Å². The van der Waals surface area contributed by atoms with Gasteiger partial charge in [0.05, 0.1) is 29.5 Å². The van der Waals surface area contributed by atoms with Gasteiger partial charge in [-0.15, -0.1) is 0 Å². The number of aliphatic hydroxyl groups excluding tert-OH is 1. The molecule has 31 heavy (non-hydrogen) atoms. The molecule has 1 aromatic rings. The summed E-state index contributed by atoms with van der Waals surface area (Å²) >= 11 is 0. The van der Waals surface area contributed by atoms with Gasteiger partial charge in [0.2, 0.25) is 5.78 Å². The van der Waals surface area contributed by atoms with Crippen molar-refractivity contribution in [1.29, 1.82) is 0 Å². The first kappa shape index (κ1) is 19.5. The molecule has 0 aromatic carbocycles. The van der Waals surface area contributed by atoms with Crippen LogP contribution in [0.25, 0.3) is 0 Å². The topological polar surface area (TPSA) is 80.0 Å². The minimum Gasteiger partial charge on any atom is -0.504 e. The summed E-state index contributed by atoms with van der Waals surface area (Å²) in [5, 5.41) is 11.4. The molecular formula is C26H30O5. The summed E-state index contributed by atoms with van der Waals surface area (Å²) in [6.07, 6.45) is 9.76. The Kier molecular flexibility index (Phi) is 3.31. The molecule has 2 heterocycles. The molecule has 1 N–H and O–H groups in total. The highest BCUT2D eigenvalue weighted by atomic mass is 16.6. The van der Waals surface area contributed by atoms with Gasteiger partial charge in [0.25, 0.3) is 0 Å². The zero-order valence-corrected chi connectivity index (χ0v) is 18.8. The summed E-state index contributed by atoms with van der Waals surface area (Å²) in [6, 6.07) is 2.03. The van der Waals surface area contributed by atoms with Crippen LogP contribution in [0.15, 0.2) is 46.5 Å². The van der Waals surface area contributed by atoms with Crippen LogP contribution in [-0.2, 0) is 14.3 Å². The summed E-state index contributed by atoms with van der Waals surface area (Å²) in [5.74, 6) is -0.312. The molecular weight excluding hydrogens is 392 g/mol. The van der Waals surface area contributed by atoms with Crippen molar-refractivity contribution >= 4 is 11.6 Å². The van der Waals surface area contributed by atoms with E-state index in [-0.39, 0.29) is 40.7 Å². The fraction of sp³-hybridized carbons (Fsp3) is 0.615. The molecule has 0 amide bonds. The standard InChI is InChI=1S/C26H30O5/c1-22(2)17(27)7-9-23(3)16-6-10-24(4)15(14-8-11-30-13-14)12-18-26(24,31-18)25(16,5)21(29)19(28)20(22)23/h7-9,11,13,15-16,18,28H,6,10,12H2,1-5H3/t15-,16+,18-,23+,24-,25-,26+/m0/s1. The fourth-order valence-electron chi connectivity index (χ4n) is 8.78. The fourth-order valence-corrected chi connectivity index (χ4v) is 8.78. The summed E-state index contributed by atoms with van der Waals surface area (Å²) in [4.78, 5) is 26.7. The molecule has 6 rings (SSSR count). The second kappa shape index (κ2) is 5.25. The van der Waals surface area contributed by atoms with Crippen molar-refractivity contribution in [2.24, 2.45) is 27.6 Å². The number of ether oxygens (including phenoxy) is 1. The molecule has 1 saturated heterocycles. The number of furan rings is 1. The van der Waals surface area contributed by atoms with E-state index < -0.39 is 21.8 Å². The number of carbonyl (C=O) groups excluding carboxylic acids is 2. The van der Waals surface area contributed by atoms with E-state index in [9.17, 15) is 14.7 Å². The third-order valence-corrected chi connectivity index (χ3v) is 10.2. The lowest BCUT2D eigenvalue weighted by Crippen LogP contribution is -2.66. The predicted octanol–water partition coefficient (Wildman–Crippen LogP) is 4.89. The van der Waals surface area contributed by atoms with Gasteiger partial charge >= 0.3 is 0 Å². The molecule has 7 atom stereocenters. The molecule has 2 saturated carbocycles. The van der Waals surface area contributed by atoms with Gasteiger partial charge in [-0.25, -0.2) is 0 Å². The van der Waals surface area contributed by atoms with Crippen molar-refractivity contribution in [2.45, 2.75) is 71.5 Å². The zero-order valence-electron chi connectivity index (χ0n) is 18.8. The maximum absolute atomic E-state index is 14.0. The number of hydrogen-bond donors (Lipinski definition) is 1. The minimum absolute atomic E-state index is 0.00527. The summed E-state index contributed by atoms with van der Waals surface area (Å²) in [6.45, 7) is 10.0. The number of aliphatic hydroxyl groups is 1. The molecule has 0 bridgehead atoms. The van der Waals surface area contributed by atoms with Gasteiger partial charge in [-0.3, -0.25) is 9.59 Å². The van der Waals surface area contributed by atoms with E-state index in [1.54, 1.807) is 12.3 Å². The van der Waals surface area contributed by atoms with Crippen molar-refractivity contribution in [3.05, 3.63) is 47.6 Å². The Bertz CT molecular complexity index is 1090. The van der Waals surface area contributed by atoms with E-state index in [2.05, 4.69) is 13.8 Å². The van der Waals surface area contributed by atoms with Crippen LogP contribution in [0.4, 0.5) is 0 Å². The van der Waals surface area contributed by atoms with Crippen molar-refractivity contribution in [2.75, 3.05) is 0 Å². The zero-order chi connectivity index (χ0) is 22.2. The number of epoxide rings is 1. The SMILES string of the molecule is CC1(C)C(=O)C=C[C@@]2(C)C1=C(O)C(=O)[C@]1(C)[C@@H]2CC[C@@]2(C)[C@H](c3ccoc3)C[C@@H]3O[C@]321. The second-order valence-electron chi connectivity index (χ2n) is 11.6. The van der Waals surface area contributed by atoms with Gasteiger partial charge in [0.1, 0.15) is 5.60 Å². The highest BCUT2D eigenvalue weighted by Gasteiger charge is 2.87. The summed E-state index contributed by atoms with van der Waals surface area (Å²) < 4.78 is 11.9. The first-order valence-corrected chi connectivity index (χ1v) is 11.4. The predicted molar refractivity (Wildman–Crippen MR) is 113 cm³/mol. The van der Waals surface area contributed by atoms with E-state index >= 15 is 0 Å². The van der Waals surface area contributed by atoms with E-state index in [0.29, 0.717) is 5.57 Å². The van der Waals surface area contributed by atoms with Gasteiger partial charge in [0.15, 0.2) is 11.5 Å². The van der Waals surface area contributed by atoms with Crippen molar-refractivity contribution < 1.29 is 23.8 Å². The van der Waals surface area contributed by atoms with Crippen LogP contribution in [0.1, 0.15) is 65.4 Å². The van der Waals surface area contributed by atoms with Crippen molar-refractivity contribution in [3.8, 4) is 0 Å². The molecule has 0 unspecified atom stereocenters. The van der Waals surface area contributed by atoms with E-state index in [1.807, 2.05) is 39.2 Å². The van der Waals surface area contributed by atoms with Gasteiger partial charge in [-0.2, -0.15) is 0 Å². The average Bonchev–Trinajstić information content (AvgIpc) is 3.07. The Hall–Kier alpha value is -2.14. The van der Waals surface area contributed by atoms with Crippen molar-refractivity contribution in [1.82, 2.24) is 0 Å². The van der Waals surface area contributed by atoms with Crippen LogP contribution in [-0.4, -0.2) is 28.4 Å². The number of fused-ring (bicyclic) bond motifs is 3. The Morgan fingerprint density at radius 1 is 1.13 bits per heavy atom. The van der Waals surface area contributed by atoms with Gasteiger partial charge in [0, 0.05) is 10.8 Å². The third-order valence-electron chi connectivity index (χ3n) is 10.2. The monoisotopic (exact) mass is 422 g/mol. The number of hydrogen-bond acceptors (Lipinski definition) is 5. The maximum atomic E-state index is 14.0. The number of allylic oxidation sites excluding steroid dienone is 4. The largest absolute Gasteiger partial charge is 0.504 e. The molecule has 1 spiro atoms. The van der Waals surface area contributed by atoms with Gasteiger partial charge in [-0.05, 0) is 75.1 Å². The maximum Gasteiger partial charge on any atom is 0.206 e. The molecule has 5 nitrogen and oxygen atoms in total. The molecule has 4 aliphatic carbocycles. The van der Waals surface area contributed by atoms with Crippen LogP contribution >= 0.6 is 0 Å². The first-order chi connectivity index (χ1) is 14.5. The molecule has 1 aliphatic heterocycles. The Labute approximate surface area is 182 Å². The number of rotatable bonds is 1. The van der Waals surface area contributed by atoms with Crippen LogP contribution < -0.4 is 0 Å². The quantitative estimate of drug-likeness (QED) is 0.652. The lowest BCUT2D eigenvalue weighted by Gasteiger charge is -2.62. The van der Waals surface area contributed by atoms with E-state index in [4.69, 9.17) is 9.15 Å². The molecule has 0 radical (unpaired) electrons. The van der Waals surface area contributed by atoms with Crippen molar-refractivity contribution in [3.63, 3.8) is 0 Å². The average molecular weight is 423 g/mol. The lowest BCUT2D eigenvalue weighted by atomic mass is 9.39. The van der Waals surface area contributed by atoms with Crippen LogP contribution in [0.5, 0.6) is 0 Å². The second-order valence-corrected chi connectivity index (χ2v) is 11.6. The molecule has 5 aliphatic rings.